The van der Waals surface area contributed by atoms with E-state index in [4.69, 9.17) is 23.2 Å². The molecular weight excluding hydrogens is 321 g/mol. The van der Waals surface area contributed by atoms with E-state index in [9.17, 15) is 13.5 Å². The molecule has 0 aliphatic rings. The van der Waals surface area contributed by atoms with E-state index in [1.54, 1.807) is 0 Å². The van der Waals surface area contributed by atoms with Gasteiger partial charge in [0, 0.05) is 17.6 Å². The highest BCUT2D eigenvalue weighted by Crippen LogP contribution is 2.31. The lowest BCUT2D eigenvalue weighted by molar-refractivity contribution is 0.281. The molecule has 0 fully saturated rings. The van der Waals surface area contributed by atoms with Crippen LogP contribution in [0.15, 0.2) is 17.0 Å². The molecule has 20 heavy (non-hydrogen) atoms. The third kappa shape index (κ3) is 3.65. The van der Waals surface area contributed by atoms with Crippen molar-refractivity contribution in [1.29, 1.82) is 0 Å². The van der Waals surface area contributed by atoms with Crippen molar-refractivity contribution < 1.29 is 13.5 Å². The second kappa shape index (κ2) is 7.09. The predicted molar refractivity (Wildman–Crippen MR) is 81.7 cm³/mol. The fourth-order valence-electron chi connectivity index (χ4n) is 1.89. The van der Waals surface area contributed by atoms with Crippen molar-refractivity contribution in [2.24, 2.45) is 0 Å². The second-order valence-electron chi connectivity index (χ2n) is 4.74. The van der Waals surface area contributed by atoms with Crippen molar-refractivity contribution >= 4 is 33.2 Å². The summed E-state index contributed by atoms with van der Waals surface area (Å²) in [6, 6.07) is 2.51. The van der Waals surface area contributed by atoms with Gasteiger partial charge in [0.05, 0.1) is 11.6 Å². The molecule has 1 N–H and O–H groups in total. The van der Waals surface area contributed by atoms with Crippen molar-refractivity contribution in [3.05, 3.63) is 27.7 Å². The maximum absolute atomic E-state index is 12.7. The molecule has 114 valence electrons. The quantitative estimate of drug-likeness (QED) is 0.864. The summed E-state index contributed by atoms with van der Waals surface area (Å²) in [6.07, 6.45) is 0.704. The number of hydrogen-bond donors (Lipinski definition) is 1. The first-order valence-corrected chi connectivity index (χ1v) is 8.55. The van der Waals surface area contributed by atoms with Crippen LogP contribution < -0.4 is 0 Å². The van der Waals surface area contributed by atoms with Gasteiger partial charge in [0.25, 0.3) is 0 Å². The van der Waals surface area contributed by atoms with Gasteiger partial charge in [-0.3, -0.25) is 0 Å². The largest absolute Gasteiger partial charge is 0.392 e. The van der Waals surface area contributed by atoms with Gasteiger partial charge in [0.15, 0.2) is 0 Å². The first kappa shape index (κ1) is 17.7. The van der Waals surface area contributed by atoms with Crippen LogP contribution in [0.1, 0.15) is 32.8 Å². The number of aliphatic hydroxyl groups excluding tert-OH is 1. The van der Waals surface area contributed by atoms with Crippen molar-refractivity contribution in [2.75, 3.05) is 6.54 Å². The predicted octanol–water partition coefficient (Wildman–Crippen LogP) is 3.29. The van der Waals surface area contributed by atoms with Crippen LogP contribution in [-0.2, 0) is 16.6 Å². The highest BCUT2D eigenvalue weighted by Gasteiger charge is 2.29. The summed E-state index contributed by atoms with van der Waals surface area (Å²) in [5, 5.41) is 9.53. The summed E-state index contributed by atoms with van der Waals surface area (Å²) in [6.45, 7) is 5.60. The number of rotatable bonds is 6. The third-order valence-corrected chi connectivity index (χ3v) is 5.77. The molecule has 0 aliphatic heterocycles. The lowest BCUT2D eigenvalue weighted by Crippen LogP contribution is -2.37. The van der Waals surface area contributed by atoms with Gasteiger partial charge in [-0.05, 0) is 38.0 Å². The molecule has 0 radical (unpaired) electrons. The zero-order valence-corrected chi connectivity index (χ0v) is 14.1. The Labute approximate surface area is 130 Å². The maximum Gasteiger partial charge on any atom is 0.244 e. The minimum atomic E-state index is -3.71. The van der Waals surface area contributed by atoms with E-state index in [1.807, 2.05) is 20.8 Å². The molecular formula is C13H19Cl2NO3S. The molecule has 0 spiro atoms. The molecule has 0 amide bonds. The van der Waals surface area contributed by atoms with Crippen LogP contribution in [0.25, 0.3) is 0 Å². The van der Waals surface area contributed by atoms with Gasteiger partial charge in [-0.1, -0.05) is 30.1 Å². The number of benzene rings is 1. The topological polar surface area (TPSA) is 57.6 Å². The Kier molecular flexibility index (Phi) is 6.28. The summed E-state index contributed by atoms with van der Waals surface area (Å²) >= 11 is 11.9. The Morgan fingerprint density at radius 3 is 2.30 bits per heavy atom. The Balaban J connectivity index is 3.40. The van der Waals surface area contributed by atoms with Crippen LogP contribution >= 0.6 is 23.2 Å². The van der Waals surface area contributed by atoms with Gasteiger partial charge in [-0.2, -0.15) is 4.31 Å². The monoisotopic (exact) mass is 339 g/mol. The van der Waals surface area contributed by atoms with E-state index in [1.165, 1.54) is 16.4 Å². The fraction of sp³-hybridized carbons (Fsp3) is 0.538. The van der Waals surface area contributed by atoms with E-state index in [2.05, 4.69) is 0 Å². The smallest absolute Gasteiger partial charge is 0.244 e. The average molecular weight is 340 g/mol. The molecule has 1 aromatic rings. The summed E-state index contributed by atoms with van der Waals surface area (Å²) in [4.78, 5) is -0.0187. The molecule has 7 heteroatoms. The molecule has 0 unspecified atom stereocenters. The lowest BCUT2D eigenvalue weighted by atomic mass is 10.2. The van der Waals surface area contributed by atoms with Crippen molar-refractivity contribution in [2.45, 2.75) is 44.7 Å². The van der Waals surface area contributed by atoms with Crippen LogP contribution in [-0.4, -0.2) is 30.4 Å². The van der Waals surface area contributed by atoms with Crippen molar-refractivity contribution in [3.8, 4) is 0 Å². The normalized spacial score (nSPS) is 12.4. The van der Waals surface area contributed by atoms with E-state index in [0.29, 0.717) is 18.5 Å². The number of aliphatic hydroxyl groups is 1. The van der Waals surface area contributed by atoms with E-state index in [-0.39, 0.29) is 27.6 Å². The highest BCUT2D eigenvalue weighted by molar-refractivity contribution is 7.89. The summed E-state index contributed by atoms with van der Waals surface area (Å²) in [5.41, 5.74) is 0.342. The zero-order valence-electron chi connectivity index (χ0n) is 11.7. The number of sulfonamides is 1. The van der Waals surface area contributed by atoms with Gasteiger partial charge in [-0.15, -0.1) is 0 Å². The molecule has 0 heterocycles. The summed E-state index contributed by atoms with van der Waals surface area (Å²) in [7, 11) is -3.71. The number of nitrogens with zero attached hydrogens (tertiary/aromatic N) is 1. The van der Waals surface area contributed by atoms with E-state index >= 15 is 0 Å². The van der Waals surface area contributed by atoms with E-state index in [0.717, 1.165) is 0 Å². The van der Waals surface area contributed by atoms with Gasteiger partial charge in [-0.25, -0.2) is 8.42 Å². The first-order chi connectivity index (χ1) is 9.25. The third-order valence-electron chi connectivity index (χ3n) is 2.88. The molecule has 1 rings (SSSR count). The molecule has 4 nitrogen and oxygen atoms in total. The molecule has 0 saturated carbocycles. The van der Waals surface area contributed by atoms with E-state index < -0.39 is 10.0 Å². The number of halogens is 2. The van der Waals surface area contributed by atoms with Crippen LogP contribution in [0.3, 0.4) is 0 Å². The first-order valence-electron chi connectivity index (χ1n) is 6.36. The van der Waals surface area contributed by atoms with Crippen molar-refractivity contribution in [3.63, 3.8) is 0 Å². The zero-order chi connectivity index (χ0) is 15.5. The van der Waals surface area contributed by atoms with Crippen LogP contribution in [0.5, 0.6) is 0 Å². The minimum absolute atomic E-state index is 0.0187. The van der Waals surface area contributed by atoms with Crippen LogP contribution in [0, 0.1) is 0 Å². The standard InChI is InChI=1S/C13H19Cl2NO3S/c1-4-5-16(9(2)3)20(18,19)13-6-10(8-17)11(14)7-12(13)15/h6-7,9,17H,4-5,8H2,1-3H3. The van der Waals surface area contributed by atoms with Gasteiger partial charge in [0.1, 0.15) is 4.90 Å². The molecule has 1 aromatic carbocycles. The van der Waals surface area contributed by atoms with Crippen LogP contribution in [0.4, 0.5) is 0 Å². The molecule has 0 bridgehead atoms. The minimum Gasteiger partial charge on any atom is -0.392 e. The lowest BCUT2D eigenvalue weighted by Gasteiger charge is -2.26. The summed E-state index contributed by atoms with van der Waals surface area (Å²) in [5.74, 6) is 0. The Bertz CT molecular complexity index is 573. The van der Waals surface area contributed by atoms with Crippen LogP contribution in [0.2, 0.25) is 10.0 Å². The van der Waals surface area contributed by atoms with Gasteiger partial charge >= 0.3 is 0 Å². The Hall–Kier alpha value is -0.330. The number of hydrogen-bond acceptors (Lipinski definition) is 3. The molecule has 0 aliphatic carbocycles. The van der Waals surface area contributed by atoms with Crippen molar-refractivity contribution in [1.82, 2.24) is 4.31 Å². The molecule has 0 atom stereocenters. The fourth-order valence-corrected chi connectivity index (χ4v) is 4.46. The molecule has 0 aromatic heterocycles. The Morgan fingerprint density at radius 1 is 1.25 bits per heavy atom. The highest BCUT2D eigenvalue weighted by atomic mass is 35.5. The van der Waals surface area contributed by atoms with Gasteiger partial charge < -0.3 is 5.11 Å². The summed E-state index contributed by atoms with van der Waals surface area (Å²) < 4.78 is 26.8. The Morgan fingerprint density at radius 2 is 1.85 bits per heavy atom. The SMILES string of the molecule is CCCN(C(C)C)S(=O)(=O)c1cc(CO)c(Cl)cc1Cl. The average Bonchev–Trinajstić information content (AvgIpc) is 2.35. The maximum atomic E-state index is 12.7. The van der Waals surface area contributed by atoms with Gasteiger partial charge in [0.2, 0.25) is 10.0 Å². The second-order valence-corrected chi connectivity index (χ2v) is 7.42. The molecule has 0 saturated heterocycles.